The van der Waals surface area contributed by atoms with Gasteiger partial charge in [0.2, 0.25) is 10.0 Å². The van der Waals surface area contributed by atoms with E-state index in [1.54, 1.807) is 18.2 Å². The lowest BCUT2D eigenvalue weighted by molar-refractivity contribution is -0.385. The minimum absolute atomic E-state index is 0.111. The third kappa shape index (κ3) is 4.56. The molecule has 0 aliphatic carbocycles. The van der Waals surface area contributed by atoms with Gasteiger partial charge in [-0.1, -0.05) is 35.0 Å². The summed E-state index contributed by atoms with van der Waals surface area (Å²) in [6.07, 6.45) is 0. The van der Waals surface area contributed by atoms with Gasteiger partial charge in [-0.05, 0) is 24.3 Å². The highest BCUT2D eigenvalue weighted by atomic mass is 35.5. The van der Waals surface area contributed by atoms with Crippen LogP contribution in [0.25, 0.3) is 0 Å². The summed E-state index contributed by atoms with van der Waals surface area (Å²) >= 11 is 13.3. The molecule has 2 aromatic carbocycles. The lowest BCUT2D eigenvalue weighted by atomic mass is 10.3. The van der Waals surface area contributed by atoms with Crippen molar-refractivity contribution in [2.45, 2.75) is 14.7 Å². The van der Waals surface area contributed by atoms with Crippen molar-refractivity contribution in [3.05, 3.63) is 56.6 Å². The Morgan fingerprint density at radius 2 is 1.78 bits per heavy atom. The SMILES string of the molecule is O=[N+]([O-])c1ccc(Sc2cc(Cl)ccc2Cl)c(S(=O)(=O)N2CCNCC2)c1. The van der Waals surface area contributed by atoms with Gasteiger partial charge < -0.3 is 5.32 Å². The highest BCUT2D eigenvalue weighted by Gasteiger charge is 2.30. The van der Waals surface area contributed by atoms with Crippen LogP contribution in [0.2, 0.25) is 10.0 Å². The van der Waals surface area contributed by atoms with E-state index in [1.165, 1.54) is 16.4 Å². The molecule has 1 heterocycles. The number of nitro groups is 1. The first kappa shape index (κ1) is 20.4. The number of nitrogens with zero attached hydrogens (tertiary/aromatic N) is 2. The van der Waals surface area contributed by atoms with Crippen LogP contribution in [0.1, 0.15) is 0 Å². The van der Waals surface area contributed by atoms with Gasteiger partial charge >= 0.3 is 0 Å². The number of nitro benzene ring substituents is 1. The van der Waals surface area contributed by atoms with Crippen molar-refractivity contribution in [1.82, 2.24) is 9.62 Å². The summed E-state index contributed by atoms with van der Waals surface area (Å²) in [5, 5.41) is 15.1. The van der Waals surface area contributed by atoms with Gasteiger partial charge in [0, 0.05) is 53.1 Å². The number of piperazine rings is 1. The molecule has 1 aliphatic heterocycles. The molecular formula is C16H15Cl2N3O4S2. The Morgan fingerprint density at radius 1 is 1.07 bits per heavy atom. The molecule has 11 heteroatoms. The van der Waals surface area contributed by atoms with Crippen LogP contribution in [0.15, 0.2) is 51.1 Å². The third-order valence-electron chi connectivity index (χ3n) is 3.95. The van der Waals surface area contributed by atoms with Gasteiger partial charge in [-0.25, -0.2) is 8.42 Å². The zero-order chi connectivity index (χ0) is 19.6. The third-order valence-corrected chi connectivity index (χ3v) is 7.82. The van der Waals surface area contributed by atoms with E-state index in [9.17, 15) is 18.5 Å². The lowest BCUT2D eigenvalue weighted by Crippen LogP contribution is -2.46. The van der Waals surface area contributed by atoms with Crippen molar-refractivity contribution >= 4 is 50.7 Å². The molecule has 0 unspecified atom stereocenters. The molecule has 3 rings (SSSR count). The van der Waals surface area contributed by atoms with Crippen LogP contribution in [-0.4, -0.2) is 43.8 Å². The second-order valence-electron chi connectivity index (χ2n) is 5.72. The smallest absolute Gasteiger partial charge is 0.270 e. The second kappa shape index (κ2) is 8.34. The molecule has 2 aromatic rings. The Morgan fingerprint density at radius 3 is 2.44 bits per heavy atom. The standard InChI is InChI=1S/C16H15Cl2N3O4S2/c17-11-1-3-13(18)15(9-11)26-14-4-2-12(21(22)23)10-16(14)27(24,25)20-7-5-19-6-8-20/h1-4,9-10,19H,5-8H2. The Hall–Kier alpha value is -1.36. The van der Waals surface area contributed by atoms with Crippen LogP contribution >= 0.6 is 35.0 Å². The van der Waals surface area contributed by atoms with Crippen LogP contribution in [-0.2, 0) is 10.0 Å². The number of sulfonamides is 1. The van der Waals surface area contributed by atoms with Crippen LogP contribution < -0.4 is 5.32 Å². The minimum Gasteiger partial charge on any atom is -0.314 e. The maximum atomic E-state index is 13.1. The molecule has 1 fully saturated rings. The summed E-state index contributed by atoms with van der Waals surface area (Å²) in [6.45, 7) is 1.65. The van der Waals surface area contributed by atoms with E-state index in [4.69, 9.17) is 23.2 Å². The van der Waals surface area contributed by atoms with E-state index in [2.05, 4.69) is 5.32 Å². The van der Waals surface area contributed by atoms with E-state index < -0.39 is 14.9 Å². The Kier molecular flexibility index (Phi) is 6.29. The van der Waals surface area contributed by atoms with Gasteiger partial charge in [0.15, 0.2) is 0 Å². The van der Waals surface area contributed by atoms with Crippen molar-refractivity contribution in [3.8, 4) is 0 Å². The quantitative estimate of drug-likeness (QED) is 0.555. The number of rotatable bonds is 5. The molecule has 1 aliphatic rings. The molecule has 7 nitrogen and oxygen atoms in total. The number of non-ortho nitro benzene ring substituents is 1. The topological polar surface area (TPSA) is 92.5 Å². The predicted octanol–water partition coefficient (Wildman–Crippen LogP) is 3.65. The van der Waals surface area contributed by atoms with Crippen LogP contribution in [0.5, 0.6) is 0 Å². The second-order valence-corrected chi connectivity index (χ2v) is 9.55. The Labute approximate surface area is 170 Å². The molecule has 0 aromatic heterocycles. The molecule has 0 bridgehead atoms. The first-order chi connectivity index (χ1) is 12.8. The summed E-state index contributed by atoms with van der Waals surface area (Å²) in [7, 11) is -3.90. The number of nitrogens with one attached hydrogen (secondary N) is 1. The lowest BCUT2D eigenvalue weighted by Gasteiger charge is -2.27. The number of hydrogen-bond acceptors (Lipinski definition) is 6. The van der Waals surface area contributed by atoms with E-state index in [-0.39, 0.29) is 10.6 Å². The first-order valence-electron chi connectivity index (χ1n) is 7.91. The van der Waals surface area contributed by atoms with Crippen molar-refractivity contribution < 1.29 is 13.3 Å². The van der Waals surface area contributed by atoms with Crippen molar-refractivity contribution in [1.29, 1.82) is 0 Å². The van der Waals surface area contributed by atoms with Crippen molar-refractivity contribution in [3.63, 3.8) is 0 Å². The van der Waals surface area contributed by atoms with Crippen molar-refractivity contribution in [2.24, 2.45) is 0 Å². The van der Waals surface area contributed by atoms with Gasteiger partial charge in [0.05, 0.1) is 9.95 Å². The molecular weight excluding hydrogens is 433 g/mol. The average molecular weight is 448 g/mol. The molecule has 1 N–H and O–H groups in total. The fraction of sp³-hybridized carbons (Fsp3) is 0.250. The number of hydrogen-bond donors (Lipinski definition) is 1. The van der Waals surface area contributed by atoms with Gasteiger partial charge in [0.1, 0.15) is 4.90 Å². The Bertz CT molecular complexity index is 980. The normalized spacial score (nSPS) is 15.6. The molecule has 0 saturated carbocycles. The predicted molar refractivity (Wildman–Crippen MR) is 105 cm³/mol. The summed E-state index contributed by atoms with van der Waals surface area (Å²) in [5.41, 5.74) is -0.287. The summed E-state index contributed by atoms with van der Waals surface area (Å²) in [4.78, 5) is 11.4. The summed E-state index contributed by atoms with van der Waals surface area (Å²) in [6, 6.07) is 8.66. The van der Waals surface area contributed by atoms with Crippen LogP contribution in [0.3, 0.4) is 0 Å². The number of benzene rings is 2. The zero-order valence-corrected chi connectivity index (χ0v) is 17.0. The van der Waals surface area contributed by atoms with Crippen molar-refractivity contribution in [2.75, 3.05) is 26.2 Å². The van der Waals surface area contributed by atoms with E-state index in [1.807, 2.05) is 0 Å². The molecule has 0 atom stereocenters. The minimum atomic E-state index is -3.90. The largest absolute Gasteiger partial charge is 0.314 e. The maximum Gasteiger partial charge on any atom is 0.270 e. The highest BCUT2D eigenvalue weighted by Crippen LogP contribution is 2.40. The summed E-state index contributed by atoms with van der Waals surface area (Å²) in [5.74, 6) is 0. The van der Waals surface area contributed by atoms with E-state index >= 15 is 0 Å². The highest BCUT2D eigenvalue weighted by molar-refractivity contribution is 8.00. The average Bonchev–Trinajstić information content (AvgIpc) is 2.65. The molecule has 27 heavy (non-hydrogen) atoms. The Balaban J connectivity index is 2.08. The fourth-order valence-corrected chi connectivity index (χ4v) is 5.92. The molecule has 0 amide bonds. The van der Waals surface area contributed by atoms with E-state index in [0.29, 0.717) is 46.0 Å². The number of halogens is 2. The van der Waals surface area contributed by atoms with Gasteiger partial charge in [-0.15, -0.1) is 0 Å². The fourth-order valence-electron chi connectivity index (χ4n) is 2.59. The van der Waals surface area contributed by atoms with E-state index in [0.717, 1.165) is 17.8 Å². The molecule has 144 valence electrons. The molecule has 0 spiro atoms. The maximum absolute atomic E-state index is 13.1. The zero-order valence-electron chi connectivity index (χ0n) is 13.9. The molecule has 0 radical (unpaired) electrons. The summed E-state index contributed by atoms with van der Waals surface area (Å²) < 4.78 is 27.6. The molecule has 1 saturated heterocycles. The first-order valence-corrected chi connectivity index (χ1v) is 10.9. The van der Waals surface area contributed by atoms with Gasteiger partial charge in [-0.2, -0.15) is 4.31 Å². The van der Waals surface area contributed by atoms with Crippen LogP contribution in [0, 0.1) is 10.1 Å². The monoisotopic (exact) mass is 447 g/mol. The van der Waals surface area contributed by atoms with Gasteiger partial charge in [0.25, 0.3) is 5.69 Å². The van der Waals surface area contributed by atoms with Gasteiger partial charge in [-0.3, -0.25) is 10.1 Å². The van der Waals surface area contributed by atoms with Crippen LogP contribution in [0.4, 0.5) is 5.69 Å².